The predicted octanol–water partition coefficient (Wildman–Crippen LogP) is 4.07. The molecule has 0 spiro atoms. The first-order valence-corrected chi connectivity index (χ1v) is 11.9. The number of nitrogens with one attached hydrogen (secondary N) is 2. The average Bonchev–Trinajstić information content (AvgIpc) is 3.18. The predicted molar refractivity (Wildman–Crippen MR) is 133 cm³/mol. The smallest absolute Gasteiger partial charge is 0.342 e. The fourth-order valence-corrected chi connectivity index (χ4v) is 4.77. The number of pyridine rings is 1. The number of fused-ring (bicyclic) bond motifs is 3. The molecule has 0 radical (unpaired) electrons. The van der Waals surface area contributed by atoms with Gasteiger partial charge < -0.3 is 19.9 Å². The molecule has 1 aliphatic rings. The molecule has 0 saturated carbocycles. The number of amides is 2. The SMILES string of the molecule is CCNC(=O)C1N(C(=O)c2ccc(F)c(F)c2)C=C(C(=O)OC(C)C)c2[nH]c3ncccc3c2C1(C)C. The van der Waals surface area contributed by atoms with Crippen LogP contribution in [0.2, 0.25) is 0 Å². The summed E-state index contributed by atoms with van der Waals surface area (Å²) in [6.07, 6.45) is 2.38. The van der Waals surface area contributed by atoms with Crippen LogP contribution in [0.1, 0.15) is 56.2 Å². The average molecular weight is 511 g/mol. The lowest BCUT2D eigenvalue weighted by Crippen LogP contribution is -2.56. The second-order valence-corrected chi connectivity index (χ2v) is 9.63. The molecule has 0 aliphatic carbocycles. The molecule has 2 aromatic heterocycles. The van der Waals surface area contributed by atoms with Gasteiger partial charge in [-0.2, -0.15) is 0 Å². The maximum atomic E-state index is 14.1. The van der Waals surface area contributed by atoms with Gasteiger partial charge in [0.05, 0.1) is 17.4 Å². The number of hydrogen-bond donors (Lipinski definition) is 2. The van der Waals surface area contributed by atoms with Crippen LogP contribution in [0.3, 0.4) is 0 Å². The molecule has 0 bridgehead atoms. The Morgan fingerprint density at radius 1 is 1.19 bits per heavy atom. The summed E-state index contributed by atoms with van der Waals surface area (Å²) in [5.41, 5.74) is 0.185. The van der Waals surface area contributed by atoms with Crippen LogP contribution in [0.15, 0.2) is 42.7 Å². The second-order valence-electron chi connectivity index (χ2n) is 9.63. The topological polar surface area (TPSA) is 104 Å². The van der Waals surface area contributed by atoms with Gasteiger partial charge in [0.1, 0.15) is 11.7 Å². The van der Waals surface area contributed by atoms with Gasteiger partial charge >= 0.3 is 5.97 Å². The molecule has 8 nitrogen and oxygen atoms in total. The van der Waals surface area contributed by atoms with Crippen LogP contribution >= 0.6 is 0 Å². The van der Waals surface area contributed by atoms with Crippen molar-refractivity contribution >= 4 is 34.4 Å². The third-order valence-corrected chi connectivity index (χ3v) is 6.28. The highest BCUT2D eigenvalue weighted by molar-refractivity contribution is 6.19. The number of carbonyl (C=O) groups excluding carboxylic acids is 3. The third-order valence-electron chi connectivity index (χ3n) is 6.28. The first kappa shape index (κ1) is 26.0. The molecular weight excluding hydrogens is 482 g/mol. The summed E-state index contributed by atoms with van der Waals surface area (Å²) in [4.78, 5) is 49.3. The molecule has 2 N–H and O–H groups in total. The molecule has 3 aromatic rings. The third kappa shape index (κ3) is 4.59. The largest absolute Gasteiger partial charge is 0.459 e. The molecule has 0 fully saturated rings. The molecule has 1 aliphatic heterocycles. The number of aromatic amines is 1. The summed E-state index contributed by atoms with van der Waals surface area (Å²) in [6, 6.07) is 5.11. The lowest BCUT2D eigenvalue weighted by Gasteiger charge is -2.38. The van der Waals surface area contributed by atoms with Crippen LogP contribution in [0.25, 0.3) is 16.6 Å². The summed E-state index contributed by atoms with van der Waals surface area (Å²) in [6.45, 7) is 8.96. The molecule has 1 aromatic carbocycles. The maximum absolute atomic E-state index is 14.1. The summed E-state index contributed by atoms with van der Waals surface area (Å²) < 4.78 is 33.2. The van der Waals surface area contributed by atoms with Crippen LogP contribution in [-0.2, 0) is 19.7 Å². The van der Waals surface area contributed by atoms with E-state index < -0.39 is 47.0 Å². The minimum atomic E-state index is -1.21. The zero-order chi connectivity index (χ0) is 27.1. The van der Waals surface area contributed by atoms with Gasteiger partial charge in [-0.1, -0.05) is 13.8 Å². The Hall–Kier alpha value is -4.08. The number of halogens is 2. The molecule has 1 unspecified atom stereocenters. The van der Waals surface area contributed by atoms with Crippen LogP contribution < -0.4 is 5.32 Å². The molecule has 194 valence electrons. The van der Waals surface area contributed by atoms with Crippen molar-refractivity contribution in [2.75, 3.05) is 6.54 Å². The number of nitrogens with zero attached hydrogens (tertiary/aromatic N) is 2. The van der Waals surface area contributed by atoms with E-state index in [-0.39, 0.29) is 17.7 Å². The summed E-state index contributed by atoms with van der Waals surface area (Å²) >= 11 is 0. The Morgan fingerprint density at radius 2 is 1.92 bits per heavy atom. The number of hydrogen-bond acceptors (Lipinski definition) is 5. The second kappa shape index (κ2) is 9.76. The van der Waals surface area contributed by atoms with Crippen LogP contribution in [-0.4, -0.2) is 51.3 Å². The molecule has 1 atom stereocenters. The van der Waals surface area contributed by atoms with Gasteiger partial charge in [0.15, 0.2) is 11.6 Å². The van der Waals surface area contributed by atoms with Crippen molar-refractivity contribution < 1.29 is 27.9 Å². The van der Waals surface area contributed by atoms with E-state index in [2.05, 4.69) is 15.3 Å². The van der Waals surface area contributed by atoms with Gasteiger partial charge in [-0.25, -0.2) is 18.6 Å². The minimum absolute atomic E-state index is 0.00231. The van der Waals surface area contributed by atoms with Gasteiger partial charge in [-0.15, -0.1) is 0 Å². The van der Waals surface area contributed by atoms with E-state index in [1.165, 1.54) is 6.20 Å². The Balaban J connectivity index is 2.03. The van der Waals surface area contributed by atoms with Crippen molar-refractivity contribution in [1.29, 1.82) is 0 Å². The fraction of sp³-hybridized carbons (Fsp3) is 0.333. The van der Waals surface area contributed by atoms with Crippen LogP contribution in [0, 0.1) is 11.6 Å². The van der Waals surface area contributed by atoms with E-state index >= 15 is 0 Å². The first-order valence-electron chi connectivity index (χ1n) is 11.9. The highest BCUT2D eigenvalue weighted by Crippen LogP contribution is 2.43. The number of rotatable bonds is 5. The number of likely N-dealkylation sites (N-methyl/N-ethyl adjacent to an activating group) is 1. The van der Waals surface area contributed by atoms with E-state index in [4.69, 9.17) is 4.74 Å². The van der Waals surface area contributed by atoms with E-state index in [1.807, 2.05) is 6.07 Å². The summed E-state index contributed by atoms with van der Waals surface area (Å²) in [5.74, 6) is -4.31. The summed E-state index contributed by atoms with van der Waals surface area (Å²) in [7, 11) is 0. The quantitative estimate of drug-likeness (QED) is 0.504. The summed E-state index contributed by atoms with van der Waals surface area (Å²) in [5, 5.41) is 3.43. The molecular formula is C27H28F2N4O4. The van der Waals surface area contributed by atoms with E-state index in [1.54, 1.807) is 46.9 Å². The minimum Gasteiger partial charge on any atom is -0.459 e. The van der Waals surface area contributed by atoms with Gasteiger partial charge in [0.25, 0.3) is 5.91 Å². The van der Waals surface area contributed by atoms with E-state index in [0.717, 1.165) is 23.1 Å². The molecule has 0 saturated heterocycles. The lowest BCUT2D eigenvalue weighted by atomic mass is 9.75. The Kier molecular flexibility index (Phi) is 6.86. The molecule has 4 rings (SSSR count). The van der Waals surface area contributed by atoms with Crippen molar-refractivity contribution in [1.82, 2.24) is 20.2 Å². The normalized spacial score (nSPS) is 16.7. The zero-order valence-electron chi connectivity index (χ0n) is 21.2. The van der Waals surface area contributed by atoms with E-state index in [9.17, 15) is 23.2 Å². The number of H-pyrrole nitrogens is 1. The van der Waals surface area contributed by atoms with Crippen molar-refractivity contribution in [2.24, 2.45) is 0 Å². The number of benzene rings is 1. The lowest BCUT2D eigenvalue weighted by molar-refractivity contribution is -0.140. The monoisotopic (exact) mass is 510 g/mol. The van der Waals surface area contributed by atoms with Crippen molar-refractivity contribution in [2.45, 2.75) is 52.2 Å². The van der Waals surface area contributed by atoms with Gasteiger partial charge in [0, 0.05) is 35.3 Å². The van der Waals surface area contributed by atoms with Crippen LogP contribution in [0.5, 0.6) is 0 Å². The zero-order valence-corrected chi connectivity index (χ0v) is 21.2. The van der Waals surface area contributed by atoms with Crippen molar-refractivity contribution in [3.63, 3.8) is 0 Å². The number of ether oxygens (including phenoxy) is 1. The fourth-order valence-electron chi connectivity index (χ4n) is 4.77. The first-order chi connectivity index (χ1) is 17.5. The highest BCUT2D eigenvalue weighted by atomic mass is 19.2. The number of aromatic nitrogens is 2. The van der Waals surface area contributed by atoms with Gasteiger partial charge in [0.2, 0.25) is 5.91 Å². The van der Waals surface area contributed by atoms with Gasteiger partial charge in [-0.3, -0.25) is 9.59 Å². The Bertz CT molecular complexity index is 1430. The van der Waals surface area contributed by atoms with Gasteiger partial charge in [-0.05, 0) is 56.7 Å². The van der Waals surface area contributed by atoms with E-state index in [0.29, 0.717) is 22.3 Å². The Morgan fingerprint density at radius 3 is 2.57 bits per heavy atom. The van der Waals surface area contributed by atoms with Crippen molar-refractivity contribution in [3.8, 4) is 0 Å². The molecule has 3 heterocycles. The highest BCUT2D eigenvalue weighted by Gasteiger charge is 2.48. The molecule has 2 amide bonds. The van der Waals surface area contributed by atoms with Crippen molar-refractivity contribution in [3.05, 3.63) is 71.2 Å². The Labute approximate surface area is 212 Å². The molecule has 37 heavy (non-hydrogen) atoms. The standard InChI is InChI=1S/C27H28F2N4O4/c1-6-30-24(34)22-27(4,5)20-16-8-7-11-31-23(16)32-21(20)17(26(36)37-14(2)3)13-33(22)25(35)15-9-10-18(28)19(29)12-15/h7-14,22H,6H2,1-5H3,(H,30,34)(H,31,32). The number of carbonyl (C=O) groups is 3. The molecule has 10 heteroatoms. The maximum Gasteiger partial charge on any atom is 0.342 e. The number of esters is 1. The van der Waals surface area contributed by atoms with Crippen LogP contribution in [0.4, 0.5) is 8.78 Å².